The first-order valence-corrected chi connectivity index (χ1v) is 5.05. The van der Waals surface area contributed by atoms with Crippen LogP contribution in [-0.4, -0.2) is 22.6 Å². The minimum absolute atomic E-state index is 0.0977. The van der Waals surface area contributed by atoms with E-state index >= 15 is 0 Å². The largest absolute Gasteiger partial charge is 0.351 e. The molecular formula is C9H11ClFN3. The van der Waals surface area contributed by atoms with Crippen LogP contribution in [0.2, 0.25) is 5.28 Å². The third-order valence-electron chi connectivity index (χ3n) is 2.30. The summed E-state index contributed by atoms with van der Waals surface area (Å²) < 4.78 is 13.4. The van der Waals surface area contributed by atoms with Gasteiger partial charge in [-0.1, -0.05) is 0 Å². The van der Waals surface area contributed by atoms with Crippen molar-refractivity contribution in [2.45, 2.75) is 25.8 Å². The molecule has 2 rings (SSSR count). The molecule has 0 spiro atoms. The molecule has 3 nitrogen and oxygen atoms in total. The van der Waals surface area contributed by atoms with Crippen molar-refractivity contribution in [3.8, 4) is 0 Å². The molecule has 76 valence electrons. The maximum absolute atomic E-state index is 13.4. The van der Waals surface area contributed by atoms with Crippen molar-refractivity contribution in [1.82, 2.24) is 9.97 Å². The predicted molar refractivity (Wildman–Crippen MR) is 53.0 cm³/mol. The topological polar surface area (TPSA) is 29.0 Å². The fourth-order valence-electron chi connectivity index (χ4n) is 1.51. The monoisotopic (exact) mass is 215 g/mol. The summed E-state index contributed by atoms with van der Waals surface area (Å²) in [7, 11) is 0. The second kappa shape index (κ2) is 3.69. The highest BCUT2D eigenvalue weighted by Crippen LogP contribution is 2.31. The second-order valence-electron chi connectivity index (χ2n) is 3.33. The first-order chi connectivity index (χ1) is 6.72. The highest BCUT2D eigenvalue weighted by Gasteiger charge is 2.30. The molecule has 1 aliphatic carbocycles. The van der Waals surface area contributed by atoms with E-state index in [1.54, 1.807) is 0 Å². The number of aromatic nitrogens is 2. The third kappa shape index (κ3) is 1.80. The molecule has 5 heteroatoms. The zero-order chi connectivity index (χ0) is 10.1. The van der Waals surface area contributed by atoms with E-state index < -0.39 is 5.82 Å². The molecule has 0 radical (unpaired) electrons. The zero-order valence-corrected chi connectivity index (χ0v) is 8.63. The van der Waals surface area contributed by atoms with Crippen LogP contribution in [0.25, 0.3) is 0 Å². The van der Waals surface area contributed by atoms with Crippen molar-refractivity contribution in [3.05, 3.63) is 17.3 Å². The van der Waals surface area contributed by atoms with Crippen LogP contribution in [0.1, 0.15) is 19.8 Å². The van der Waals surface area contributed by atoms with Crippen LogP contribution in [0.3, 0.4) is 0 Å². The van der Waals surface area contributed by atoms with Crippen LogP contribution in [0.15, 0.2) is 6.20 Å². The first-order valence-electron chi connectivity index (χ1n) is 4.67. The van der Waals surface area contributed by atoms with Gasteiger partial charge in [0.15, 0.2) is 11.6 Å². The Balaban J connectivity index is 2.32. The van der Waals surface area contributed by atoms with Crippen molar-refractivity contribution in [2.75, 3.05) is 11.4 Å². The number of hydrogen-bond donors (Lipinski definition) is 0. The van der Waals surface area contributed by atoms with E-state index in [-0.39, 0.29) is 5.28 Å². The van der Waals surface area contributed by atoms with Gasteiger partial charge in [-0.25, -0.2) is 9.37 Å². The molecule has 0 N–H and O–H groups in total. The molecule has 0 saturated heterocycles. The summed E-state index contributed by atoms with van der Waals surface area (Å²) in [6.45, 7) is 2.72. The van der Waals surface area contributed by atoms with Gasteiger partial charge in [-0.05, 0) is 31.4 Å². The maximum atomic E-state index is 13.4. The third-order valence-corrected chi connectivity index (χ3v) is 2.48. The molecule has 0 bridgehead atoms. The summed E-state index contributed by atoms with van der Waals surface area (Å²) in [6.07, 6.45) is 3.33. The Hall–Kier alpha value is -0.900. The van der Waals surface area contributed by atoms with Gasteiger partial charge < -0.3 is 4.90 Å². The van der Waals surface area contributed by atoms with E-state index in [0.29, 0.717) is 11.9 Å². The minimum Gasteiger partial charge on any atom is -0.351 e. The Labute approximate surface area is 86.9 Å². The molecule has 1 aromatic rings. The van der Waals surface area contributed by atoms with Gasteiger partial charge in [0, 0.05) is 12.6 Å². The SMILES string of the molecule is CCN(c1nc(Cl)ncc1F)C1CC1. The molecule has 0 amide bonds. The fraction of sp³-hybridized carbons (Fsp3) is 0.556. The number of hydrogen-bond acceptors (Lipinski definition) is 3. The first kappa shape index (κ1) is 9.65. The molecule has 0 aliphatic heterocycles. The van der Waals surface area contributed by atoms with Gasteiger partial charge in [-0.3, -0.25) is 0 Å². The fourth-order valence-corrected chi connectivity index (χ4v) is 1.63. The van der Waals surface area contributed by atoms with E-state index in [2.05, 4.69) is 9.97 Å². The Morgan fingerprint density at radius 1 is 1.64 bits per heavy atom. The average Bonchev–Trinajstić information content (AvgIpc) is 2.96. The predicted octanol–water partition coefficient (Wildman–Crippen LogP) is 2.26. The van der Waals surface area contributed by atoms with E-state index in [1.807, 2.05) is 11.8 Å². The van der Waals surface area contributed by atoms with Gasteiger partial charge in [0.2, 0.25) is 5.28 Å². The summed E-state index contributed by atoms with van der Waals surface area (Å²) in [5.74, 6) is -0.0712. The Bertz CT molecular complexity index is 341. The Morgan fingerprint density at radius 3 is 2.93 bits per heavy atom. The quantitative estimate of drug-likeness (QED) is 0.725. The number of halogens is 2. The van der Waals surface area contributed by atoms with Gasteiger partial charge in [0.25, 0.3) is 0 Å². The summed E-state index contributed by atoms with van der Waals surface area (Å²) >= 11 is 5.63. The van der Waals surface area contributed by atoms with Gasteiger partial charge in [0.1, 0.15) is 0 Å². The Morgan fingerprint density at radius 2 is 2.36 bits per heavy atom. The van der Waals surface area contributed by atoms with Crippen molar-refractivity contribution < 1.29 is 4.39 Å². The molecule has 0 atom stereocenters. The van der Waals surface area contributed by atoms with Crippen molar-refractivity contribution in [2.24, 2.45) is 0 Å². The van der Waals surface area contributed by atoms with Crippen molar-refractivity contribution >= 4 is 17.4 Å². The zero-order valence-electron chi connectivity index (χ0n) is 7.87. The highest BCUT2D eigenvalue weighted by atomic mass is 35.5. The molecule has 0 aromatic carbocycles. The molecule has 1 fully saturated rings. The smallest absolute Gasteiger partial charge is 0.224 e. The lowest BCUT2D eigenvalue weighted by Gasteiger charge is -2.21. The summed E-state index contributed by atoms with van der Waals surface area (Å²) in [4.78, 5) is 9.43. The van der Waals surface area contributed by atoms with Crippen molar-refractivity contribution in [3.63, 3.8) is 0 Å². The molecule has 1 aliphatic rings. The lowest BCUT2D eigenvalue weighted by atomic mass is 10.4. The molecule has 14 heavy (non-hydrogen) atoms. The molecule has 1 saturated carbocycles. The summed E-state index contributed by atoms with van der Waals surface area (Å²) in [5.41, 5.74) is 0. The number of nitrogens with zero attached hydrogens (tertiary/aromatic N) is 3. The van der Waals surface area contributed by atoms with Crippen LogP contribution < -0.4 is 4.90 Å². The summed E-state index contributed by atoms with van der Waals surface area (Å²) in [6, 6.07) is 0.431. The van der Waals surface area contributed by atoms with Gasteiger partial charge in [-0.15, -0.1) is 0 Å². The van der Waals surface area contributed by atoms with Crippen LogP contribution in [0, 0.1) is 5.82 Å². The van der Waals surface area contributed by atoms with E-state index in [9.17, 15) is 4.39 Å². The van der Waals surface area contributed by atoms with Crippen LogP contribution in [0.4, 0.5) is 10.2 Å². The maximum Gasteiger partial charge on any atom is 0.224 e. The van der Waals surface area contributed by atoms with E-state index in [4.69, 9.17) is 11.6 Å². The van der Waals surface area contributed by atoms with Crippen LogP contribution in [0.5, 0.6) is 0 Å². The average molecular weight is 216 g/mol. The van der Waals surface area contributed by atoms with Gasteiger partial charge >= 0.3 is 0 Å². The van der Waals surface area contributed by atoms with Crippen molar-refractivity contribution in [1.29, 1.82) is 0 Å². The molecule has 0 unspecified atom stereocenters. The lowest BCUT2D eigenvalue weighted by Crippen LogP contribution is -2.27. The van der Waals surface area contributed by atoms with Crippen LogP contribution >= 0.6 is 11.6 Å². The second-order valence-corrected chi connectivity index (χ2v) is 3.67. The normalized spacial score (nSPS) is 15.6. The number of anilines is 1. The van der Waals surface area contributed by atoms with Crippen LogP contribution in [-0.2, 0) is 0 Å². The molecule has 1 heterocycles. The van der Waals surface area contributed by atoms with Gasteiger partial charge in [-0.2, -0.15) is 4.98 Å². The van der Waals surface area contributed by atoms with E-state index in [0.717, 1.165) is 25.6 Å². The molecule has 1 aromatic heterocycles. The van der Waals surface area contributed by atoms with E-state index in [1.165, 1.54) is 0 Å². The Kier molecular flexibility index (Phi) is 2.54. The standard InChI is InChI=1S/C9H11ClFN3/c1-2-14(6-3-4-6)8-7(11)5-12-9(10)13-8/h5-6H,2-4H2,1H3. The lowest BCUT2D eigenvalue weighted by molar-refractivity contribution is 0.601. The summed E-state index contributed by atoms with van der Waals surface area (Å²) in [5, 5.41) is 0.0977. The highest BCUT2D eigenvalue weighted by molar-refractivity contribution is 6.28. The number of rotatable bonds is 3. The molecular weight excluding hydrogens is 205 g/mol. The minimum atomic E-state index is -0.400. The van der Waals surface area contributed by atoms with Gasteiger partial charge in [0.05, 0.1) is 6.20 Å².